The Morgan fingerprint density at radius 2 is 2.13 bits per heavy atom. The van der Waals surface area contributed by atoms with Gasteiger partial charge in [0.1, 0.15) is 5.82 Å². The average molecular weight is 320 g/mol. The van der Waals surface area contributed by atoms with E-state index >= 15 is 0 Å². The maximum atomic E-state index is 13.8. The van der Waals surface area contributed by atoms with Crippen molar-refractivity contribution in [1.29, 1.82) is 0 Å². The third-order valence-electron chi connectivity index (χ3n) is 3.99. The summed E-state index contributed by atoms with van der Waals surface area (Å²) in [4.78, 5) is 14.1. The second kappa shape index (κ2) is 8.06. The van der Waals surface area contributed by atoms with Gasteiger partial charge in [0.05, 0.1) is 11.6 Å². The Balaban J connectivity index is 2.06. The third-order valence-corrected chi connectivity index (χ3v) is 3.99. The van der Waals surface area contributed by atoms with E-state index in [0.717, 1.165) is 19.5 Å². The summed E-state index contributed by atoms with van der Waals surface area (Å²) in [6, 6.07) is 2.83. The van der Waals surface area contributed by atoms with Gasteiger partial charge in [0.25, 0.3) is 5.56 Å². The maximum absolute atomic E-state index is 13.8. The van der Waals surface area contributed by atoms with Crippen LogP contribution in [0.3, 0.4) is 0 Å². The minimum absolute atomic E-state index is 0.170. The molecule has 126 valence electrons. The van der Waals surface area contributed by atoms with E-state index in [1.54, 1.807) is 6.20 Å². The standard InChI is InChI=1S/C17H25FN4O/c1-4-5-7-22(3)8-6-12(2)20-16-10-13(18)9-14-15(16)11-19-21-17(14)23/h9-12,20H,4-8H2,1-3H3,(H,21,23). The Hall–Kier alpha value is -1.95. The van der Waals surface area contributed by atoms with Gasteiger partial charge in [-0.2, -0.15) is 5.10 Å². The molecular formula is C17H25FN4O. The monoisotopic (exact) mass is 320 g/mol. The number of aromatic nitrogens is 2. The van der Waals surface area contributed by atoms with E-state index in [-0.39, 0.29) is 11.6 Å². The van der Waals surface area contributed by atoms with Crippen molar-refractivity contribution in [2.24, 2.45) is 0 Å². The molecule has 1 aromatic carbocycles. The summed E-state index contributed by atoms with van der Waals surface area (Å²) in [6.45, 7) is 6.31. The fourth-order valence-electron chi connectivity index (χ4n) is 2.57. The number of nitrogens with one attached hydrogen (secondary N) is 2. The van der Waals surface area contributed by atoms with Crippen molar-refractivity contribution in [3.63, 3.8) is 0 Å². The first-order valence-electron chi connectivity index (χ1n) is 8.13. The number of halogens is 1. The largest absolute Gasteiger partial charge is 0.382 e. The summed E-state index contributed by atoms with van der Waals surface area (Å²) in [5, 5.41) is 10.4. The summed E-state index contributed by atoms with van der Waals surface area (Å²) in [5.74, 6) is -0.427. The molecule has 0 radical (unpaired) electrons. The van der Waals surface area contributed by atoms with Crippen molar-refractivity contribution >= 4 is 16.5 Å². The van der Waals surface area contributed by atoms with Crippen molar-refractivity contribution in [1.82, 2.24) is 15.1 Å². The molecule has 1 atom stereocenters. The number of aromatic amines is 1. The highest BCUT2D eigenvalue weighted by molar-refractivity contribution is 5.92. The number of H-pyrrole nitrogens is 1. The third kappa shape index (κ3) is 4.76. The van der Waals surface area contributed by atoms with Crippen LogP contribution in [0.4, 0.5) is 10.1 Å². The van der Waals surface area contributed by atoms with E-state index in [4.69, 9.17) is 0 Å². The highest BCUT2D eigenvalue weighted by atomic mass is 19.1. The second-order valence-electron chi connectivity index (χ2n) is 6.10. The molecule has 5 nitrogen and oxygen atoms in total. The number of benzene rings is 1. The number of hydrogen-bond acceptors (Lipinski definition) is 4. The molecule has 0 saturated carbocycles. The van der Waals surface area contributed by atoms with Crippen LogP contribution in [0.25, 0.3) is 10.8 Å². The molecule has 1 unspecified atom stereocenters. The van der Waals surface area contributed by atoms with Crippen LogP contribution in [-0.4, -0.2) is 41.3 Å². The van der Waals surface area contributed by atoms with Gasteiger partial charge in [0.2, 0.25) is 0 Å². The molecule has 6 heteroatoms. The van der Waals surface area contributed by atoms with E-state index in [0.29, 0.717) is 16.5 Å². The van der Waals surface area contributed by atoms with Crippen LogP contribution < -0.4 is 10.9 Å². The molecule has 1 aromatic heterocycles. The van der Waals surface area contributed by atoms with E-state index in [2.05, 4.69) is 41.3 Å². The van der Waals surface area contributed by atoms with Crippen LogP contribution in [0.15, 0.2) is 23.1 Å². The van der Waals surface area contributed by atoms with Gasteiger partial charge in [0.15, 0.2) is 0 Å². The lowest BCUT2D eigenvalue weighted by atomic mass is 10.1. The Morgan fingerprint density at radius 3 is 2.87 bits per heavy atom. The van der Waals surface area contributed by atoms with Crippen molar-refractivity contribution in [3.05, 3.63) is 34.5 Å². The van der Waals surface area contributed by atoms with E-state index in [9.17, 15) is 9.18 Å². The van der Waals surface area contributed by atoms with Gasteiger partial charge in [-0.05, 0) is 52.0 Å². The van der Waals surface area contributed by atoms with Gasteiger partial charge in [0, 0.05) is 17.1 Å². The number of rotatable bonds is 8. The van der Waals surface area contributed by atoms with Crippen molar-refractivity contribution in [3.8, 4) is 0 Å². The molecule has 0 aliphatic heterocycles. The lowest BCUT2D eigenvalue weighted by Crippen LogP contribution is -2.26. The van der Waals surface area contributed by atoms with Gasteiger partial charge >= 0.3 is 0 Å². The molecule has 0 aliphatic carbocycles. The van der Waals surface area contributed by atoms with E-state index in [1.807, 2.05) is 0 Å². The van der Waals surface area contributed by atoms with Crippen LogP contribution in [0.1, 0.15) is 33.1 Å². The van der Waals surface area contributed by atoms with Crippen molar-refractivity contribution < 1.29 is 4.39 Å². The molecular weight excluding hydrogens is 295 g/mol. The molecule has 0 bridgehead atoms. The zero-order valence-corrected chi connectivity index (χ0v) is 14.0. The van der Waals surface area contributed by atoms with Crippen LogP contribution >= 0.6 is 0 Å². The highest BCUT2D eigenvalue weighted by Crippen LogP contribution is 2.23. The first-order valence-corrected chi connectivity index (χ1v) is 8.13. The fourth-order valence-corrected chi connectivity index (χ4v) is 2.57. The van der Waals surface area contributed by atoms with Gasteiger partial charge in [-0.15, -0.1) is 0 Å². The van der Waals surface area contributed by atoms with E-state index < -0.39 is 5.82 Å². The Labute approximate surface area is 135 Å². The van der Waals surface area contributed by atoms with Crippen molar-refractivity contribution in [2.45, 2.75) is 39.2 Å². The summed E-state index contributed by atoms with van der Waals surface area (Å²) in [5.41, 5.74) is 0.235. The maximum Gasteiger partial charge on any atom is 0.272 e. The fraction of sp³-hybridized carbons (Fsp3) is 0.529. The Bertz CT molecular complexity index is 701. The molecule has 0 spiro atoms. The lowest BCUT2D eigenvalue weighted by molar-refractivity contribution is 0.318. The second-order valence-corrected chi connectivity index (χ2v) is 6.10. The zero-order valence-electron chi connectivity index (χ0n) is 14.0. The lowest BCUT2D eigenvalue weighted by Gasteiger charge is -2.21. The molecule has 0 fully saturated rings. The van der Waals surface area contributed by atoms with Crippen LogP contribution in [0.5, 0.6) is 0 Å². The highest BCUT2D eigenvalue weighted by Gasteiger charge is 2.11. The average Bonchev–Trinajstić information content (AvgIpc) is 2.52. The number of hydrogen-bond donors (Lipinski definition) is 2. The Morgan fingerprint density at radius 1 is 1.35 bits per heavy atom. The van der Waals surface area contributed by atoms with Crippen LogP contribution in [0.2, 0.25) is 0 Å². The number of anilines is 1. The number of unbranched alkanes of at least 4 members (excludes halogenated alkanes) is 1. The van der Waals surface area contributed by atoms with Crippen LogP contribution in [0, 0.1) is 5.82 Å². The number of nitrogens with zero attached hydrogens (tertiary/aromatic N) is 2. The van der Waals surface area contributed by atoms with Gasteiger partial charge in [-0.3, -0.25) is 4.79 Å². The molecule has 23 heavy (non-hydrogen) atoms. The number of fused-ring (bicyclic) bond motifs is 1. The first-order chi connectivity index (χ1) is 11.0. The first kappa shape index (κ1) is 17.4. The molecule has 0 amide bonds. The predicted molar refractivity (Wildman–Crippen MR) is 92.4 cm³/mol. The van der Waals surface area contributed by atoms with Crippen molar-refractivity contribution in [2.75, 3.05) is 25.5 Å². The topological polar surface area (TPSA) is 61.0 Å². The molecule has 1 heterocycles. The van der Waals surface area contributed by atoms with Gasteiger partial charge < -0.3 is 10.2 Å². The summed E-state index contributed by atoms with van der Waals surface area (Å²) < 4.78 is 13.8. The van der Waals surface area contributed by atoms with Crippen LogP contribution in [-0.2, 0) is 0 Å². The smallest absolute Gasteiger partial charge is 0.272 e. The SMILES string of the molecule is CCCCN(C)CCC(C)Nc1cc(F)cc2c(=O)[nH]ncc12. The molecule has 2 N–H and O–H groups in total. The minimum atomic E-state index is -0.427. The summed E-state index contributed by atoms with van der Waals surface area (Å²) in [7, 11) is 2.11. The summed E-state index contributed by atoms with van der Waals surface area (Å²) in [6.07, 6.45) is 4.88. The molecule has 0 saturated heterocycles. The zero-order chi connectivity index (χ0) is 16.8. The predicted octanol–water partition coefficient (Wildman–Crippen LogP) is 2.98. The Kier molecular flexibility index (Phi) is 6.10. The van der Waals surface area contributed by atoms with E-state index in [1.165, 1.54) is 25.0 Å². The molecule has 2 aromatic rings. The molecule has 2 rings (SSSR count). The minimum Gasteiger partial charge on any atom is -0.382 e. The van der Waals surface area contributed by atoms with Gasteiger partial charge in [-0.1, -0.05) is 13.3 Å². The van der Waals surface area contributed by atoms with Gasteiger partial charge in [-0.25, -0.2) is 9.49 Å². The quantitative estimate of drug-likeness (QED) is 0.785. The normalized spacial score (nSPS) is 12.7. The molecule has 0 aliphatic rings. The summed E-state index contributed by atoms with van der Waals surface area (Å²) >= 11 is 0.